The van der Waals surface area contributed by atoms with E-state index in [1.165, 1.54) is 0 Å². The quantitative estimate of drug-likeness (QED) is 0.714. The summed E-state index contributed by atoms with van der Waals surface area (Å²) in [6, 6.07) is 5.82. The monoisotopic (exact) mass is 205 g/mol. The van der Waals surface area contributed by atoms with Crippen LogP contribution in [-0.2, 0) is 0 Å². The first-order valence-corrected chi connectivity index (χ1v) is 5.16. The van der Waals surface area contributed by atoms with E-state index in [0.717, 1.165) is 24.6 Å². The highest BCUT2D eigenvalue weighted by Gasteiger charge is 2.06. The van der Waals surface area contributed by atoms with Crippen molar-refractivity contribution in [2.45, 2.75) is 13.8 Å². The van der Waals surface area contributed by atoms with E-state index in [1.54, 1.807) is 6.20 Å². The van der Waals surface area contributed by atoms with Gasteiger partial charge in [0.1, 0.15) is 11.5 Å². The van der Waals surface area contributed by atoms with E-state index < -0.39 is 0 Å². The molecule has 0 fully saturated rings. The average molecular weight is 205 g/mol. The van der Waals surface area contributed by atoms with Crippen LogP contribution in [0.1, 0.15) is 19.5 Å². The zero-order chi connectivity index (χ0) is 11.5. The summed E-state index contributed by atoms with van der Waals surface area (Å²) in [5, 5.41) is 3.16. The van der Waals surface area contributed by atoms with Crippen LogP contribution in [0, 0.1) is 0 Å². The molecule has 1 aromatic rings. The van der Waals surface area contributed by atoms with Gasteiger partial charge in [-0.05, 0) is 12.1 Å². The van der Waals surface area contributed by atoms with Crippen molar-refractivity contribution in [3.8, 4) is 0 Å². The summed E-state index contributed by atoms with van der Waals surface area (Å²) in [7, 11) is 0. The third kappa shape index (κ3) is 4.40. The molecule has 3 nitrogen and oxygen atoms in total. The van der Waals surface area contributed by atoms with Crippen LogP contribution in [0.3, 0.4) is 0 Å². The second-order valence-corrected chi connectivity index (χ2v) is 2.37. The number of pyridine rings is 1. The minimum Gasteiger partial charge on any atom is -0.367 e. The molecule has 0 spiro atoms. The Balaban J connectivity index is 0.000000442. The molecular formula is C12H19N3. The second-order valence-electron chi connectivity index (χ2n) is 2.37. The van der Waals surface area contributed by atoms with Crippen molar-refractivity contribution in [2.24, 2.45) is 4.99 Å². The van der Waals surface area contributed by atoms with Crippen LogP contribution in [-0.4, -0.2) is 23.9 Å². The summed E-state index contributed by atoms with van der Waals surface area (Å²) in [5.74, 6) is 0.922. The third-order valence-corrected chi connectivity index (χ3v) is 1.58. The molecule has 3 heteroatoms. The maximum absolute atomic E-state index is 4.25. The molecule has 2 heterocycles. The Kier molecular flexibility index (Phi) is 7.96. The van der Waals surface area contributed by atoms with Gasteiger partial charge in [-0.15, -0.1) is 13.2 Å². The van der Waals surface area contributed by atoms with Gasteiger partial charge in [0.2, 0.25) is 0 Å². The predicted molar refractivity (Wildman–Crippen MR) is 66.2 cm³/mol. The normalized spacial score (nSPS) is 12.3. The van der Waals surface area contributed by atoms with Crippen LogP contribution in [0.15, 0.2) is 42.5 Å². The van der Waals surface area contributed by atoms with Crippen LogP contribution in [0.5, 0.6) is 0 Å². The number of hydrogen-bond acceptors (Lipinski definition) is 3. The molecule has 15 heavy (non-hydrogen) atoms. The topological polar surface area (TPSA) is 37.3 Å². The summed E-state index contributed by atoms with van der Waals surface area (Å²) in [5.41, 5.74) is 0.935. The van der Waals surface area contributed by atoms with Gasteiger partial charge in [0.25, 0.3) is 0 Å². The summed E-state index contributed by atoms with van der Waals surface area (Å²) >= 11 is 0. The Morgan fingerprint density at radius 3 is 2.47 bits per heavy atom. The maximum atomic E-state index is 4.25. The molecule has 0 unspecified atom stereocenters. The molecule has 0 atom stereocenters. The molecule has 0 radical (unpaired) electrons. The van der Waals surface area contributed by atoms with Gasteiger partial charge in [-0.25, -0.2) is 0 Å². The third-order valence-electron chi connectivity index (χ3n) is 1.58. The SMILES string of the molecule is C=C.CC.c1ccc(C2=NCCN2)nc1. The first-order chi connectivity index (χ1) is 7.47. The molecule has 2 rings (SSSR count). The first kappa shape index (κ1) is 13.4. The number of rotatable bonds is 1. The van der Waals surface area contributed by atoms with E-state index >= 15 is 0 Å². The van der Waals surface area contributed by atoms with E-state index in [2.05, 4.69) is 28.5 Å². The zero-order valence-electron chi connectivity index (χ0n) is 9.53. The molecule has 1 aliphatic rings. The molecule has 0 bridgehead atoms. The van der Waals surface area contributed by atoms with Gasteiger partial charge in [0.15, 0.2) is 0 Å². The number of aliphatic imine (C=N–C) groups is 1. The summed E-state index contributed by atoms with van der Waals surface area (Å²) < 4.78 is 0. The van der Waals surface area contributed by atoms with Crippen LogP contribution < -0.4 is 5.32 Å². The summed E-state index contributed by atoms with van der Waals surface area (Å²) in [6.07, 6.45) is 1.78. The molecule has 0 aliphatic carbocycles. The molecule has 1 N–H and O–H groups in total. The maximum Gasteiger partial charge on any atom is 0.147 e. The van der Waals surface area contributed by atoms with Crippen LogP contribution >= 0.6 is 0 Å². The Morgan fingerprint density at radius 2 is 2.00 bits per heavy atom. The van der Waals surface area contributed by atoms with E-state index in [1.807, 2.05) is 32.0 Å². The Labute approximate surface area is 92.0 Å². The van der Waals surface area contributed by atoms with Gasteiger partial charge in [-0.1, -0.05) is 19.9 Å². The number of nitrogens with one attached hydrogen (secondary N) is 1. The van der Waals surface area contributed by atoms with Crippen molar-refractivity contribution in [3.63, 3.8) is 0 Å². The van der Waals surface area contributed by atoms with Crippen LogP contribution in [0.4, 0.5) is 0 Å². The fourth-order valence-electron chi connectivity index (χ4n) is 1.07. The summed E-state index contributed by atoms with van der Waals surface area (Å²) in [6.45, 7) is 11.8. The van der Waals surface area contributed by atoms with Crippen molar-refractivity contribution in [2.75, 3.05) is 13.1 Å². The highest BCUT2D eigenvalue weighted by Crippen LogP contribution is 1.97. The molecule has 82 valence electrons. The van der Waals surface area contributed by atoms with Crippen LogP contribution in [0.25, 0.3) is 0 Å². The first-order valence-electron chi connectivity index (χ1n) is 5.16. The van der Waals surface area contributed by atoms with E-state index in [9.17, 15) is 0 Å². The smallest absolute Gasteiger partial charge is 0.147 e. The lowest BCUT2D eigenvalue weighted by molar-refractivity contribution is 0.958. The molecule has 1 aromatic heterocycles. The fraction of sp³-hybridized carbons (Fsp3) is 0.333. The van der Waals surface area contributed by atoms with Crippen molar-refractivity contribution in [1.82, 2.24) is 10.3 Å². The minimum absolute atomic E-state index is 0.867. The van der Waals surface area contributed by atoms with E-state index in [-0.39, 0.29) is 0 Å². The molecule has 1 aliphatic heterocycles. The van der Waals surface area contributed by atoms with E-state index in [4.69, 9.17) is 0 Å². The molecule has 0 saturated carbocycles. The van der Waals surface area contributed by atoms with Gasteiger partial charge >= 0.3 is 0 Å². The predicted octanol–water partition coefficient (Wildman–Crippen LogP) is 2.26. The van der Waals surface area contributed by atoms with Crippen LogP contribution in [0.2, 0.25) is 0 Å². The van der Waals surface area contributed by atoms with Crippen molar-refractivity contribution in [1.29, 1.82) is 0 Å². The Hall–Kier alpha value is -1.64. The number of nitrogens with zero attached hydrogens (tertiary/aromatic N) is 2. The number of aromatic nitrogens is 1. The van der Waals surface area contributed by atoms with E-state index in [0.29, 0.717) is 0 Å². The van der Waals surface area contributed by atoms with Gasteiger partial charge in [0.05, 0.1) is 6.54 Å². The Bertz CT molecular complexity index is 280. The van der Waals surface area contributed by atoms with Gasteiger partial charge < -0.3 is 5.32 Å². The highest BCUT2D eigenvalue weighted by atomic mass is 15.1. The fourth-order valence-corrected chi connectivity index (χ4v) is 1.07. The molecule has 0 saturated heterocycles. The highest BCUT2D eigenvalue weighted by molar-refractivity contribution is 5.97. The van der Waals surface area contributed by atoms with Crippen molar-refractivity contribution >= 4 is 5.84 Å². The lowest BCUT2D eigenvalue weighted by Gasteiger charge is -1.98. The molecule has 0 amide bonds. The number of amidine groups is 1. The van der Waals surface area contributed by atoms with Crippen molar-refractivity contribution in [3.05, 3.63) is 43.2 Å². The minimum atomic E-state index is 0.867. The zero-order valence-corrected chi connectivity index (χ0v) is 9.53. The standard InChI is InChI=1S/C8H9N3.C2H6.C2H4/c1-2-4-9-7(3-1)8-10-5-6-11-8;2*1-2/h1-4H,5-6H2,(H,10,11);1-2H3;1-2H2. The number of hydrogen-bond donors (Lipinski definition) is 1. The van der Waals surface area contributed by atoms with Crippen molar-refractivity contribution < 1.29 is 0 Å². The second kappa shape index (κ2) is 8.94. The van der Waals surface area contributed by atoms with Gasteiger partial charge in [0, 0.05) is 12.7 Å². The Morgan fingerprint density at radius 1 is 1.27 bits per heavy atom. The molecular weight excluding hydrogens is 186 g/mol. The average Bonchev–Trinajstić information content (AvgIpc) is 2.89. The van der Waals surface area contributed by atoms with Gasteiger partial charge in [-0.2, -0.15) is 0 Å². The summed E-state index contributed by atoms with van der Waals surface area (Å²) in [4.78, 5) is 8.42. The lowest BCUT2D eigenvalue weighted by atomic mass is 10.3. The van der Waals surface area contributed by atoms with Gasteiger partial charge in [-0.3, -0.25) is 9.98 Å². The lowest BCUT2D eigenvalue weighted by Crippen LogP contribution is -2.20. The molecule has 0 aromatic carbocycles. The largest absolute Gasteiger partial charge is 0.367 e.